The van der Waals surface area contributed by atoms with Crippen molar-refractivity contribution in [2.24, 2.45) is 4.99 Å². The molecule has 26 heavy (non-hydrogen) atoms. The topological polar surface area (TPSA) is 15.6 Å². The van der Waals surface area contributed by atoms with Gasteiger partial charge in [0.15, 0.2) is 0 Å². The fraction of sp³-hybridized carbons (Fsp3) is 0.278. The first kappa shape index (κ1) is 20.9. The molecule has 0 heterocycles. The van der Waals surface area contributed by atoms with Crippen molar-refractivity contribution in [3.8, 4) is 0 Å². The average molecular weight is 421 g/mol. The van der Waals surface area contributed by atoms with E-state index in [-0.39, 0.29) is 0 Å². The Balaban J connectivity index is 2.44. The predicted octanol–water partition coefficient (Wildman–Crippen LogP) is 6.60. The van der Waals surface area contributed by atoms with Crippen LogP contribution in [-0.2, 0) is 0 Å². The Kier molecular flexibility index (Phi) is 6.88. The first-order valence-electron chi connectivity index (χ1n) is 7.58. The van der Waals surface area contributed by atoms with Gasteiger partial charge in [-0.3, -0.25) is 0 Å². The molecule has 0 spiro atoms. The molecular formula is C18H17Cl2F3N2S. The lowest BCUT2D eigenvalue weighted by Crippen LogP contribution is -2.22. The first-order chi connectivity index (χ1) is 12.1. The van der Waals surface area contributed by atoms with Gasteiger partial charge < -0.3 is 4.90 Å². The molecule has 0 aliphatic rings. The molecule has 0 aliphatic heterocycles. The van der Waals surface area contributed by atoms with Crippen LogP contribution in [-0.4, -0.2) is 36.8 Å². The molecule has 0 fully saturated rings. The van der Waals surface area contributed by atoms with Gasteiger partial charge in [-0.2, -0.15) is 13.2 Å². The molecule has 2 nitrogen and oxygen atoms in total. The van der Waals surface area contributed by atoms with Gasteiger partial charge in [0.1, 0.15) is 5.84 Å². The predicted molar refractivity (Wildman–Crippen MR) is 104 cm³/mol. The molecule has 0 aromatic heterocycles. The highest BCUT2D eigenvalue weighted by Crippen LogP contribution is 2.36. The number of hydrogen-bond donors (Lipinski definition) is 0. The van der Waals surface area contributed by atoms with Gasteiger partial charge in [0, 0.05) is 29.6 Å². The van der Waals surface area contributed by atoms with Crippen LogP contribution in [0.4, 0.5) is 18.9 Å². The van der Waals surface area contributed by atoms with Crippen molar-refractivity contribution < 1.29 is 13.2 Å². The van der Waals surface area contributed by atoms with Crippen LogP contribution in [0, 0.1) is 6.92 Å². The number of hydrogen-bond acceptors (Lipinski definition) is 2. The van der Waals surface area contributed by atoms with E-state index < -0.39 is 11.9 Å². The smallest absolute Gasteiger partial charge is 0.362 e. The van der Waals surface area contributed by atoms with Gasteiger partial charge in [-0.15, -0.1) is 11.8 Å². The van der Waals surface area contributed by atoms with Gasteiger partial charge in [-0.1, -0.05) is 23.2 Å². The molecule has 2 rings (SSSR count). The van der Waals surface area contributed by atoms with Crippen molar-refractivity contribution in [3.63, 3.8) is 0 Å². The van der Waals surface area contributed by atoms with Gasteiger partial charge in [0.25, 0.3) is 0 Å². The van der Waals surface area contributed by atoms with Gasteiger partial charge in [0.2, 0.25) is 0 Å². The highest BCUT2D eigenvalue weighted by atomic mass is 35.5. The number of aliphatic imine (C=N–C) groups is 1. The zero-order chi connectivity index (χ0) is 19.5. The van der Waals surface area contributed by atoms with Crippen LogP contribution >= 0.6 is 35.0 Å². The standard InChI is InChI=1S/C18H17Cl2F3N2S/c1-11-8-14(20)15(9-16(11)26-10-18(21,22)23)24-17(25(2)3)12-4-6-13(19)7-5-12/h4-9H,10H2,1-3H3. The zero-order valence-electron chi connectivity index (χ0n) is 14.4. The minimum atomic E-state index is -4.24. The van der Waals surface area contributed by atoms with Gasteiger partial charge in [-0.25, -0.2) is 4.99 Å². The monoisotopic (exact) mass is 420 g/mol. The summed E-state index contributed by atoms with van der Waals surface area (Å²) in [6, 6.07) is 10.4. The van der Waals surface area contributed by atoms with Crippen LogP contribution in [0.2, 0.25) is 10.0 Å². The van der Waals surface area contributed by atoms with E-state index in [4.69, 9.17) is 23.2 Å². The minimum absolute atomic E-state index is 0.382. The number of halogens is 5. The second-order valence-electron chi connectivity index (χ2n) is 5.81. The minimum Gasteiger partial charge on any atom is -0.362 e. The van der Waals surface area contributed by atoms with E-state index >= 15 is 0 Å². The fourth-order valence-electron chi connectivity index (χ4n) is 2.18. The molecule has 0 bridgehead atoms. The molecule has 0 aliphatic carbocycles. The molecule has 2 aromatic rings. The molecule has 0 saturated heterocycles. The molecule has 0 radical (unpaired) electrons. The lowest BCUT2D eigenvalue weighted by atomic mass is 10.2. The SMILES string of the molecule is Cc1cc(Cl)c(N=C(c2ccc(Cl)cc2)N(C)C)cc1SCC(F)(F)F. The zero-order valence-corrected chi connectivity index (χ0v) is 16.7. The second-order valence-corrected chi connectivity index (χ2v) is 7.67. The lowest BCUT2D eigenvalue weighted by Gasteiger charge is -2.17. The third-order valence-corrected chi connectivity index (χ3v) is 5.17. The van der Waals surface area contributed by atoms with Crippen LogP contribution < -0.4 is 0 Å². The Morgan fingerprint density at radius 3 is 2.27 bits per heavy atom. The van der Waals surface area contributed by atoms with Crippen molar-refractivity contribution in [2.75, 3.05) is 19.8 Å². The normalized spacial score (nSPS) is 12.4. The molecule has 0 unspecified atom stereocenters. The summed E-state index contributed by atoms with van der Waals surface area (Å²) in [6.07, 6.45) is -4.24. The summed E-state index contributed by atoms with van der Waals surface area (Å²) < 4.78 is 37.6. The Labute approximate surface area is 165 Å². The molecule has 2 aromatic carbocycles. The third-order valence-electron chi connectivity index (χ3n) is 3.39. The quantitative estimate of drug-likeness (QED) is 0.314. The van der Waals surface area contributed by atoms with E-state index in [1.807, 2.05) is 31.1 Å². The number of nitrogens with zero attached hydrogens (tertiary/aromatic N) is 2. The maximum absolute atomic E-state index is 12.5. The summed E-state index contributed by atoms with van der Waals surface area (Å²) in [7, 11) is 3.66. The average Bonchev–Trinajstić information content (AvgIpc) is 2.53. The number of alkyl halides is 3. The van der Waals surface area contributed by atoms with E-state index in [0.717, 1.165) is 17.3 Å². The Morgan fingerprint density at radius 1 is 1.12 bits per heavy atom. The van der Waals surface area contributed by atoms with E-state index in [9.17, 15) is 13.2 Å². The molecule has 0 atom stereocenters. The first-order valence-corrected chi connectivity index (χ1v) is 9.32. The Morgan fingerprint density at radius 2 is 1.73 bits per heavy atom. The Bertz CT molecular complexity index is 803. The largest absolute Gasteiger partial charge is 0.398 e. The molecule has 0 N–H and O–H groups in total. The number of thioether (sulfide) groups is 1. The maximum Gasteiger partial charge on any atom is 0.398 e. The molecule has 8 heteroatoms. The maximum atomic E-state index is 12.5. The number of benzene rings is 2. The Hall–Kier alpha value is -1.37. The molecule has 140 valence electrons. The van der Waals surface area contributed by atoms with Crippen molar-refractivity contribution in [1.29, 1.82) is 0 Å². The van der Waals surface area contributed by atoms with Crippen molar-refractivity contribution in [2.45, 2.75) is 18.0 Å². The van der Waals surface area contributed by atoms with Crippen LogP contribution in [0.3, 0.4) is 0 Å². The van der Waals surface area contributed by atoms with Gasteiger partial charge in [-0.05, 0) is 48.9 Å². The summed E-state index contributed by atoms with van der Waals surface area (Å²) >= 11 is 12.9. The highest BCUT2D eigenvalue weighted by Gasteiger charge is 2.27. The summed E-state index contributed by atoms with van der Waals surface area (Å²) in [6.45, 7) is 1.73. The molecular weight excluding hydrogens is 404 g/mol. The molecule has 0 saturated carbocycles. The third kappa shape index (κ3) is 5.83. The number of aryl methyl sites for hydroxylation is 1. The van der Waals surface area contributed by atoms with Crippen molar-refractivity contribution in [3.05, 3.63) is 57.6 Å². The van der Waals surface area contributed by atoms with Gasteiger partial charge in [0.05, 0.1) is 16.5 Å². The van der Waals surface area contributed by atoms with E-state index in [1.165, 1.54) is 0 Å². The van der Waals surface area contributed by atoms with E-state index in [0.29, 0.717) is 32.0 Å². The van der Waals surface area contributed by atoms with Crippen LogP contribution in [0.5, 0.6) is 0 Å². The second kappa shape index (κ2) is 8.55. The van der Waals surface area contributed by atoms with Crippen molar-refractivity contribution >= 4 is 46.5 Å². The van der Waals surface area contributed by atoms with Crippen LogP contribution in [0.25, 0.3) is 0 Å². The van der Waals surface area contributed by atoms with Gasteiger partial charge >= 0.3 is 6.18 Å². The molecule has 0 amide bonds. The number of rotatable bonds is 4. The van der Waals surface area contributed by atoms with Crippen LogP contribution in [0.15, 0.2) is 46.3 Å². The fourth-order valence-corrected chi connectivity index (χ4v) is 3.37. The van der Waals surface area contributed by atoms with E-state index in [1.54, 1.807) is 31.2 Å². The van der Waals surface area contributed by atoms with Crippen molar-refractivity contribution in [1.82, 2.24) is 4.90 Å². The highest BCUT2D eigenvalue weighted by molar-refractivity contribution is 7.99. The van der Waals surface area contributed by atoms with E-state index in [2.05, 4.69) is 4.99 Å². The summed E-state index contributed by atoms with van der Waals surface area (Å²) in [5.41, 5.74) is 1.92. The summed E-state index contributed by atoms with van der Waals surface area (Å²) in [5.74, 6) is -0.338. The van der Waals surface area contributed by atoms with Crippen LogP contribution in [0.1, 0.15) is 11.1 Å². The summed E-state index contributed by atoms with van der Waals surface area (Å²) in [4.78, 5) is 6.88. The lowest BCUT2D eigenvalue weighted by molar-refractivity contribution is -0.105. The number of amidine groups is 1. The summed E-state index contributed by atoms with van der Waals surface area (Å²) in [5, 5.41) is 0.984.